The van der Waals surface area contributed by atoms with Crippen LogP contribution in [0.15, 0.2) is 36.4 Å². The van der Waals surface area contributed by atoms with Crippen LogP contribution in [0.2, 0.25) is 0 Å². The SMILES string of the molecule is CNC(=O)C1CCN(C(=O)Nc2nc(-c3cccc(C#N)c3)c(-c3cc(C)nc(C)c3)s2)CC1. The van der Waals surface area contributed by atoms with Crippen molar-refractivity contribution in [3.05, 3.63) is 53.3 Å². The zero-order valence-corrected chi connectivity index (χ0v) is 20.2. The molecule has 4 rings (SSSR count). The Kier molecular flexibility index (Phi) is 6.89. The van der Waals surface area contributed by atoms with Gasteiger partial charge in [0, 0.05) is 43.0 Å². The first kappa shape index (κ1) is 23.4. The summed E-state index contributed by atoms with van der Waals surface area (Å²) in [5.74, 6) is -0.0329. The maximum atomic E-state index is 12.9. The number of amides is 3. The molecule has 1 fully saturated rings. The fourth-order valence-electron chi connectivity index (χ4n) is 4.19. The summed E-state index contributed by atoms with van der Waals surface area (Å²) in [5.41, 5.74) is 4.81. The van der Waals surface area contributed by atoms with E-state index in [9.17, 15) is 14.9 Å². The fraction of sp³-hybridized carbons (Fsp3) is 0.320. The van der Waals surface area contributed by atoms with Gasteiger partial charge in [0.1, 0.15) is 0 Å². The number of aryl methyl sites for hydroxylation is 2. The van der Waals surface area contributed by atoms with Crippen molar-refractivity contribution < 1.29 is 9.59 Å². The van der Waals surface area contributed by atoms with Gasteiger partial charge in [-0.15, -0.1) is 0 Å². The molecule has 2 N–H and O–H groups in total. The standard InChI is InChI=1S/C25H26N6O2S/c1-15-11-20(12-16(2)28-15)22-21(19-6-4-5-17(13-19)14-26)29-24(34-22)30-25(33)31-9-7-18(8-10-31)23(32)27-3/h4-6,11-13,18H,7-10H2,1-3H3,(H,27,32)(H,29,30,33). The summed E-state index contributed by atoms with van der Waals surface area (Å²) < 4.78 is 0. The van der Waals surface area contributed by atoms with Crippen LogP contribution in [-0.2, 0) is 4.79 Å². The van der Waals surface area contributed by atoms with Crippen LogP contribution in [0.5, 0.6) is 0 Å². The third kappa shape index (κ3) is 5.07. The topological polar surface area (TPSA) is 111 Å². The van der Waals surface area contributed by atoms with Crippen molar-refractivity contribution in [2.24, 2.45) is 5.92 Å². The van der Waals surface area contributed by atoms with Gasteiger partial charge in [0.25, 0.3) is 0 Å². The minimum Gasteiger partial charge on any atom is -0.359 e. The van der Waals surface area contributed by atoms with Crippen molar-refractivity contribution >= 4 is 28.4 Å². The number of rotatable bonds is 4. The number of benzene rings is 1. The highest BCUT2D eigenvalue weighted by atomic mass is 32.1. The number of nitriles is 1. The number of urea groups is 1. The highest BCUT2D eigenvalue weighted by molar-refractivity contribution is 7.19. The average molecular weight is 475 g/mol. The van der Waals surface area contributed by atoms with Crippen molar-refractivity contribution in [1.29, 1.82) is 5.26 Å². The van der Waals surface area contributed by atoms with Gasteiger partial charge >= 0.3 is 6.03 Å². The molecule has 9 heteroatoms. The number of nitrogens with one attached hydrogen (secondary N) is 2. The Morgan fingerprint density at radius 2 is 1.79 bits per heavy atom. The minimum atomic E-state index is -0.227. The number of likely N-dealkylation sites (tertiary alicyclic amines) is 1. The van der Waals surface area contributed by atoms with E-state index in [1.54, 1.807) is 24.1 Å². The summed E-state index contributed by atoms with van der Waals surface area (Å²) in [6.07, 6.45) is 1.27. The van der Waals surface area contributed by atoms with E-state index in [4.69, 9.17) is 4.98 Å². The number of thiazole rings is 1. The third-order valence-corrected chi connectivity index (χ3v) is 6.87. The lowest BCUT2D eigenvalue weighted by Gasteiger charge is -2.30. The lowest BCUT2D eigenvalue weighted by molar-refractivity contribution is -0.125. The summed E-state index contributed by atoms with van der Waals surface area (Å²) in [6, 6.07) is 13.2. The molecule has 1 saturated heterocycles. The lowest BCUT2D eigenvalue weighted by atomic mass is 9.96. The van der Waals surface area contributed by atoms with Gasteiger partial charge in [-0.05, 0) is 56.5 Å². The highest BCUT2D eigenvalue weighted by Gasteiger charge is 2.27. The summed E-state index contributed by atoms with van der Waals surface area (Å²) in [7, 11) is 1.64. The fourth-order valence-corrected chi connectivity index (χ4v) is 5.15. The monoisotopic (exact) mass is 474 g/mol. The number of carbonyl (C=O) groups excluding carboxylic acids is 2. The maximum absolute atomic E-state index is 12.9. The molecule has 1 aliphatic rings. The van der Waals surface area contributed by atoms with Gasteiger partial charge in [0.2, 0.25) is 5.91 Å². The van der Waals surface area contributed by atoms with Crippen LogP contribution < -0.4 is 10.6 Å². The van der Waals surface area contributed by atoms with E-state index in [0.29, 0.717) is 42.3 Å². The summed E-state index contributed by atoms with van der Waals surface area (Å²) in [5, 5.41) is 15.5. The zero-order chi connectivity index (χ0) is 24.2. The number of aromatic nitrogens is 2. The Hall–Kier alpha value is -3.77. The molecule has 3 amide bonds. The van der Waals surface area contributed by atoms with E-state index in [0.717, 1.165) is 27.4 Å². The van der Waals surface area contributed by atoms with Crippen LogP contribution in [0.3, 0.4) is 0 Å². The number of carbonyl (C=O) groups is 2. The average Bonchev–Trinajstić information content (AvgIpc) is 3.27. The quantitative estimate of drug-likeness (QED) is 0.584. The maximum Gasteiger partial charge on any atom is 0.323 e. The van der Waals surface area contributed by atoms with E-state index in [2.05, 4.69) is 21.7 Å². The number of piperidine rings is 1. The molecule has 0 spiro atoms. The largest absolute Gasteiger partial charge is 0.359 e. The zero-order valence-electron chi connectivity index (χ0n) is 19.4. The Bertz CT molecular complexity index is 1250. The first-order valence-corrected chi connectivity index (χ1v) is 11.9. The second kappa shape index (κ2) is 10.0. The van der Waals surface area contributed by atoms with E-state index >= 15 is 0 Å². The molecule has 0 bridgehead atoms. The second-order valence-corrected chi connectivity index (χ2v) is 9.33. The molecular formula is C25H26N6O2S. The van der Waals surface area contributed by atoms with Gasteiger partial charge in [-0.25, -0.2) is 9.78 Å². The van der Waals surface area contributed by atoms with Crippen molar-refractivity contribution in [2.75, 3.05) is 25.5 Å². The first-order chi connectivity index (χ1) is 16.4. The minimum absolute atomic E-state index is 0.0248. The molecule has 1 aromatic carbocycles. The molecule has 2 aromatic heterocycles. The number of hydrogen-bond donors (Lipinski definition) is 2. The Morgan fingerprint density at radius 1 is 1.09 bits per heavy atom. The van der Waals surface area contributed by atoms with Crippen molar-refractivity contribution in [3.8, 4) is 27.8 Å². The summed E-state index contributed by atoms with van der Waals surface area (Å²) in [4.78, 5) is 36.7. The van der Waals surface area contributed by atoms with Crippen LogP contribution in [0.4, 0.5) is 9.93 Å². The highest BCUT2D eigenvalue weighted by Crippen LogP contribution is 2.39. The van der Waals surface area contributed by atoms with Crippen LogP contribution in [0.1, 0.15) is 29.8 Å². The molecule has 0 radical (unpaired) electrons. The molecule has 8 nitrogen and oxygen atoms in total. The van der Waals surface area contributed by atoms with Gasteiger partial charge in [-0.1, -0.05) is 23.5 Å². The van der Waals surface area contributed by atoms with Gasteiger partial charge < -0.3 is 10.2 Å². The Morgan fingerprint density at radius 3 is 2.44 bits per heavy atom. The van der Waals surface area contributed by atoms with Crippen molar-refractivity contribution in [3.63, 3.8) is 0 Å². The van der Waals surface area contributed by atoms with Crippen LogP contribution in [-0.4, -0.2) is 46.9 Å². The Balaban J connectivity index is 1.62. The molecule has 0 atom stereocenters. The number of anilines is 1. The predicted octanol–water partition coefficient (Wildman–Crippen LogP) is 4.35. The molecule has 1 aliphatic heterocycles. The second-order valence-electron chi connectivity index (χ2n) is 8.33. The summed E-state index contributed by atoms with van der Waals surface area (Å²) in [6.45, 7) is 4.92. The Labute approximate surface area is 202 Å². The van der Waals surface area contributed by atoms with Crippen LogP contribution >= 0.6 is 11.3 Å². The molecule has 3 aromatic rings. The summed E-state index contributed by atoms with van der Waals surface area (Å²) >= 11 is 1.40. The van der Waals surface area contributed by atoms with Crippen LogP contribution in [0, 0.1) is 31.1 Å². The van der Waals surface area contributed by atoms with Gasteiger partial charge in [-0.3, -0.25) is 15.1 Å². The van der Waals surface area contributed by atoms with E-state index in [1.807, 2.05) is 38.1 Å². The van der Waals surface area contributed by atoms with Crippen LogP contribution in [0.25, 0.3) is 21.7 Å². The van der Waals surface area contributed by atoms with E-state index in [1.165, 1.54) is 11.3 Å². The van der Waals surface area contributed by atoms with Gasteiger partial charge in [0.15, 0.2) is 5.13 Å². The van der Waals surface area contributed by atoms with Crippen molar-refractivity contribution in [1.82, 2.24) is 20.2 Å². The molecule has 0 aliphatic carbocycles. The molecule has 174 valence electrons. The van der Waals surface area contributed by atoms with E-state index < -0.39 is 0 Å². The van der Waals surface area contributed by atoms with E-state index in [-0.39, 0.29) is 17.9 Å². The smallest absolute Gasteiger partial charge is 0.323 e. The number of pyridine rings is 1. The van der Waals surface area contributed by atoms with Crippen molar-refractivity contribution in [2.45, 2.75) is 26.7 Å². The molecule has 0 saturated carbocycles. The molecule has 3 heterocycles. The number of hydrogen-bond acceptors (Lipinski definition) is 6. The first-order valence-electron chi connectivity index (χ1n) is 11.1. The molecule has 0 unspecified atom stereocenters. The number of nitrogens with zero attached hydrogens (tertiary/aromatic N) is 4. The third-order valence-electron chi connectivity index (χ3n) is 5.85. The normalized spacial score (nSPS) is 13.9. The van der Waals surface area contributed by atoms with Gasteiger partial charge in [0.05, 0.1) is 22.2 Å². The molecule has 34 heavy (non-hydrogen) atoms. The molecular weight excluding hydrogens is 448 g/mol. The van der Waals surface area contributed by atoms with Gasteiger partial charge in [-0.2, -0.15) is 5.26 Å². The predicted molar refractivity (Wildman–Crippen MR) is 132 cm³/mol. The lowest BCUT2D eigenvalue weighted by Crippen LogP contribution is -2.44.